The molecule has 0 bridgehead atoms. The van der Waals surface area contributed by atoms with Gasteiger partial charge in [0.2, 0.25) is 5.91 Å². The van der Waals surface area contributed by atoms with Gasteiger partial charge in [-0.15, -0.1) is 0 Å². The standard InChI is InChI=1S/C15H18N4O4/c16-5-10-6-18(14(23)17-13(10)22)7-12(21)19-9-15(3-4-15)2-1-11(19)8-20/h6,11,20H,1-4,7-9H2,(H,17,22,23). The van der Waals surface area contributed by atoms with Gasteiger partial charge in [-0.3, -0.25) is 19.1 Å². The number of likely N-dealkylation sites (tertiary alicyclic amines) is 1. The Kier molecular flexibility index (Phi) is 3.82. The van der Waals surface area contributed by atoms with Crippen LogP contribution in [0.2, 0.25) is 0 Å². The van der Waals surface area contributed by atoms with E-state index in [2.05, 4.69) is 0 Å². The average molecular weight is 318 g/mol. The van der Waals surface area contributed by atoms with Crippen molar-refractivity contribution in [3.05, 3.63) is 32.6 Å². The molecule has 3 rings (SSSR count). The number of carbonyl (C=O) groups excluding carboxylic acids is 1. The van der Waals surface area contributed by atoms with E-state index in [0.29, 0.717) is 6.54 Å². The molecule has 23 heavy (non-hydrogen) atoms. The van der Waals surface area contributed by atoms with Gasteiger partial charge in [-0.2, -0.15) is 5.26 Å². The Morgan fingerprint density at radius 2 is 2.17 bits per heavy atom. The van der Waals surface area contributed by atoms with E-state index in [1.807, 2.05) is 4.98 Å². The van der Waals surface area contributed by atoms with Crippen LogP contribution in [0, 0.1) is 16.7 Å². The zero-order valence-electron chi connectivity index (χ0n) is 12.6. The van der Waals surface area contributed by atoms with E-state index in [1.165, 1.54) is 0 Å². The van der Waals surface area contributed by atoms with Gasteiger partial charge in [0.05, 0.1) is 12.6 Å². The fourth-order valence-electron chi connectivity index (χ4n) is 3.21. The minimum absolute atomic E-state index is 0.105. The molecule has 2 fully saturated rings. The van der Waals surface area contributed by atoms with Crippen molar-refractivity contribution in [1.29, 1.82) is 5.26 Å². The van der Waals surface area contributed by atoms with E-state index in [9.17, 15) is 19.5 Å². The van der Waals surface area contributed by atoms with Crippen molar-refractivity contribution < 1.29 is 9.90 Å². The molecule has 1 aliphatic heterocycles. The van der Waals surface area contributed by atoms with Gasteiger partial charge in [-0.25, -0.2) is 4.79 Å². The van der Waals surface area contributed by atoms with E-state index in [1.54, 1.807) is 11.0 Å². The van der Waals surface area contributed by atoms with Gasteiger partial charge in [-0.1, -0.05) is 0 Å². The third-order valence-corrected chi connectivity index (χ3v) is 4.88. The first-order valence-electron chi connectivity index (χ1n) is 7.62. The molecule has 122 valence electrons. The fraction of sp³-hybridized carbons (Fsp3) is 0.600. The van der Waals surface area contributed by atoms with Crippen molar-refractivity contribution >= 4 is 5.91 Å². The Balaban J connectivity index is 1.82. The molecule has 2 N–H and O–H groups in total. The molecule has 0 aromatic carbocycles. The van der Waals surface area contributed by atoms with E-state index < -0.39 is 11.2 Å². The molecule has 1 aromatic heterocycles. The number of aromatic amines is 1. The van der Waals surface area contributed by atoms with Gasteiger partial charge >= 0.3 is 5.69 Å². The van der Waals surface area contributed by atoms with E-state index in [4.69, 9.17) is 5.26 Å². The Bertz CT molecular complexity index is 784. The number of aromatic nitrogens is 2. The summed E-state index contributed by atoms with van der Waals surface area (Å²) < 4.78 is 1.03. The first-order chi connectivity index (χ1) is 11.0. The van der Waals surface area contributed by atoms with Crippen LogP contribution in [0.1, 0.15) is 31.2 Å². The maximum absolute atomic E-state index is 12.6. The predicted molar refractivity (Wildman–Crippen MR) is 79.5 cm³/mol. The average Bonchev–Trinajstić information content (AvgIpc) is 3.29. The second-order valence-corrected chi connectivity index (χ2v) is 6.44. The summed E-state index contributed by atoms with van der Waals surface area (Å²) in [7, 11) is 0. The summed E-state index contributed by atoms with van der Waals surface area (Å²) in [4.78, 5) is 39.4. The highest BCUT2D eigenvalue weighted by molar-refractivity contribution is 5.76. The normalized spacial score (nSPS) is 21.9. The first kappa shape index (κ1) is 15.5. The molecule has 1 aromatic rings. The quantitative estimate of drug-likeness (QED) is 0.754. The maximum Gasteiger partial charge on any atom is 0.328 e. The number of amides is 1. The van der Waals surface area contributed by atoms with Crippen LogP contribution in [0.15, 0.2) is 15.8 Å². The number of nitrogens with one attached hydrogen (secondary N) is 1. The van der Waals surface area contributed by atoms with Crippen molar-refractivity contribution in [2.45, 2.75) is 38.3 Å². The summed E-state index contributed by atoms with van der Waals surface area (Å²) in [6, 6.07) is 1.46. The van der Waals surface area contributed by atoms with Gasteiger partial charge in [0.1, 0.15) is 18.2 Å². The van der Waals surface area contributed by atoms with E-state index in [-0.39, 0.29) is 36.1 Å². The second kappa shape index (κ2) is 5.66. The Hall–Kier alpha value is -2.40. The lowest BCUT2D eigenvalue weighted by molar-refractivity contribution is -0.138. The van der Waals surface area contributed by atoms with Gasteiger partial charge in [0, 0.05) is 12.7 Å². The summed E-state index contributed by atoms with van der Waals surface area (Å²) >= 11 is 0. The number of hydrogen-bond acceptors (Lipinski definition) is 5. The topological polar surface area (TPSA) is 119 Å². The third-order valence-electron chi connectivity index (χ3n) is 4.88. The highest BCUT2D eigenvalue weighted by Gasteiger charge is 2.48. The molecular weight excluding hydrogens is 300 g/mol. The Morgan fingerprint density at radius 1 is 1.43 bits per heavy atom. The van der Waals surface area contributed by atoms with Crippen molar-refractivity contribution in [3.63, 3.8) is 0 Å². The van der Waals surface area contributed by atoms with Crippen molar-refractivity contribution in [2.24, 2.45) is 5.41 Å². The van der Waals surface area contributed by atoms with Crippen LogP contribution in [0.25, 0.3) is 0 Å². The highest BCUT2D eigenvalue weighted by atomic mass is 16.3. The summed E-state index contributed by atoms with van der Waals surface area (Å²) in [5.74, 6) is -0.284. The molecule has 1 unspecified atom stereocenters. The molecule has 1 aliphatic carbocycles. The van der Waals surface area contributed by atoms with Crippen LogP contribution < -0.4 is 11.2 Å². The summed E-state index contributed by atoms with van der Waals surface area (Å²) in [6.07, 6.45) is 5.05. The predicted octanol–water partition coefficient (Wildman–Crippen LogP) is -0.828. The minimum Gasteiger partial charge on any atom is -0.394 e. The lowest BCUT2D eigenvalue weighted by Crippen LogP contribution is -2.51. The van der Waals surface area contributed by atoms with Gasteiger partial charge < -0.3 is 10.0 Å². The molecule has 0 radical (unpaired) electrons. The molecule has 8 nitrogen and oxygen atoms in total. The number of rotatable bonds is 3. The molecule has 2 aliphatic rings. The van der Waals surface area contributed by atoms with E-state index in [0.717, 1.165) is 36.4 Å². The lowest BCUT2D eigenvalue weighted by Gasteiger charge is -2.39. The van der Waals surface area contributed by atoms with Crippen molar-refractivity contribution in [2.75, 3.05) is 13.2 Å². The van der Waals surface area contributed by atoms with Crippen LogP contribution in [0.5, 0.6) is 0 Å². The van der Waals surface area contributed by atoms with Crippen molar-refractivity contribution in [3.8, 4) is 6.07 Å². The van der Waals surface area contributed by atoms with Gasteiger partial charge in [-0.05, 0) is 31.1 Å². The van der Waals surface area contributed by atoms with Crippen LogP contribution in [-0.4, -0.2) is 44.7 Å². The van der Waals surface area contributed by atoms with Crippen LogP contribution in [0.4, 0.5) is 0 Å². The SMILES string of the molecule is N#Cc1cn(CC(=O)N2CC3(CCC2CO)CC3)c(=O)[nH]c1=O. The lowest BCUT2D eigenvalue weighted by atomic mass is 9.90. The number of H-pyrrole nitrogens is 1. The number of nitriles is 1. The number of hydrogen-bond donors (Lipinski definition) is 2. The highest BCUT2D eigenvalue weighted by Crippen LogP contribution is 2.53. The zero-order valence-corrected chi connectivity index (χ0v) is 12.6. The second-order valence-electron chi connectivity index (χ2n) is 6.44. The van der Waals surface area contributed by atoms with Crippen LogP contribution in [0.3, 0.4) is 0 Å². The van der Waals surface area contributed by atoms with Crippen LogP contribution >= 0.6 is 0 Å². The Morgan fingerprint density at radius 3 is 2.78 bits per heavy atom. The van der Waals surface area contributed by atoms with Gasteiger partial charge in [0.15, 0.2) is 0 Å². The molecule has 2 heterocycles. The molecule has 1 atom stereocenters. The third kappa shape index (κ3) is 2.92. The molecule has 1 saturated carbocycles. The number of aliphatic hydroxyl groups is 1. The molecule has 1 amide bonds. The fourth-order valence-corrected chi connectivity index (χ4v) is 3.21. The monoisotopic (exact) mass is 318 g/mol. The number of nitrogens with zero attached hydrogens (tertiary/aromatic N) is 3. The molecular formula is C15H18N4O4. The maximum atomic E-state index is 12.6. The summed E-state index contributed by atoms with van der Waals surface area (Å²) in [6.45, 7) is 0.239. The minimum atomic E-state index is -0.760. The van der Waals surface area contributed by atoms with Crippen molar-refractivity contribution in [1.82, 2.24) is 14.5 Å². The number of carbonyl (C=O) groups is 1. The Labute approximate surface area is 132 Å². The summed E-state index contributed by atoms with van der Waals surface area (Å²) in [5.41, 5.74) is -1.51. The molecule has 8 heteroatoms. The van der Waals surface area contributed by atoms with Crippen LogP contribution in [-0.2, 0) is 11.3 Å². The molecule has 1 spiro atoms. The molecule has 1 saturated heterocycles. The van der Waals surface area contributed by atoms with E-state index >= 15 is 0 Å². The number of aliphatic hydroxyl groups excluding tert-OH is 1. The first-order valence-corrected chi connectivity index (χ1v) is 7.62. The largest absolute Gasteiger partial charge is 0.394 e. The zero-order chi connectivity index (χ0) is 16.6. The smallest absolute Gasteiger partial charge is 0.328 e. The number of piperidine rings is 1. The van der Waals surface area contributed by atoms with Gasteiger partial charge in [0.25, 0.3) is 5.56 Å². The summed E-state index contributed by atoms with van der Waals surface area (Å²) in [5, 5.41) is 18.3.